The van der Waals surface area contributed by atoms with Gasteiger partial charge in [-0.05, 0) is 67.7 Å². The number of alkyl halides is 3. The van der Waals surface area contributed by atoms with Gasteiger partial charge in [0.15, 0.2) is 0 Å². The molecule has 4 rings (SSSR count). The molecule has 1 aliphatic heterocycles. The van der Waals surface area contributed by atoms with E-state index in [-0.39, 0.29) is 18.4 Å². The van der Waals surface area contributed by atoms with Gasteiger partial charge >= 0.3 is 6.18 Å². The van der Waals surface area contributed by atoms with Crippen LogP contribution in [0.5, 0.6) is 0 Å². The number of halogens is 3. The van der Waals surface area contributed by atoms with Crippen LogP contribution in [-0.2, 0) is 17.5 Å². The van der Waals surface area contributed by atoms with Crippen molar-refractivity contribution >= 4 is 5.91 Å². The van der Waals surface area contributed by atoms with Gasteiger partial charge in [-0.2, -0.15) is 13.2 Å². The quantitative estimate of drug-likeness (QED) is 0.413. The standard InChI is InChI=1S/C29H31F3N2O/c30-29(31,32)26-13-11-22(12-14-26)21-33-28(35)25-15-18-34(19-16-25)20-17-27(23-7-3-1-4-8-23)24-9-5-2-6-10-24/h1-14,25,27H,15-21H2,(H,33,35). The lowest BCUT2D eigenvalue weighted by molar-refractivity contribution is -0.137. The molecule has 1 aliphatic rings. The minimum absolute atomic E-state index is 0.0176. The summed E-state index contributed by atoms with van der Waals surface area (Å²) in [5, 5.41) is 2.90. The summed E-state index contributed by atoms with van der Waals surface area (Å²) in [6.07, 6.45) is -1.75. The zero-order chi connectivity index (χ0) is 24.7. The summed E-state index contributed by atoms with van der Waals surface area (Å²) in [5.74, 6) is 0.262. The Balaban J connectivity index is 1.25. The van der Waals surface area contributed by atoms with Gasteiger partial charge in [-0.1, -0.05) is 72.8 Å². The zero-order valence-corrected chi connectivity index (χ0v) is 19.7. The maximum absolute atomic E-state index is 12.7. The van der Waals surface area contributed by atoms with E-state index < -0.39 is 11.7 Å². The van der Waals surface area contributed by atoms with Gasteiger partial charge in [0.25, 0.3) is 0 Å². The van der Waals surface area contributed by atoms with E-state index >= 15 is 0 Å². The molecule has 0 aromatic heterocycles. The Bertz CT molecular complexity index is 1020. The highest BCUT2D eigenvalue weighted by atomic mass is 19.4. The van der Waals surface area contributed by atoms with E-state index in [1.165, 1.54) is 23.3 Å². The van der Waals surface area contributed by atoms with Gasteiger partial charge in [0.05, 0.1) is 5.56 Å². The van der Waals surface area contributed by atoms with Crippen LogP contribution in [-0.4, -0.2) is 30.4 Å². The summed E-state index contributed by atoms with van der Waals surface area (Å²) in [6.45, 7) is 2.95. The minimum atomic E-state index is -4.35. The van der Waals surface area contributed by atoms with Crippen LogP contribution in [0.25, 0.3) is 0 Å². The highest BCUT2D eigenvalue weighted by Crippen LogP contribution is 2.30. The molecule has 0 spiro atoms. The number of amides is 1. The Labute approximate surface area is 205 Å². The van der Waals surface area contributed by atoms with Crippen molar-refractivity contribution in [2.75, 3.05) is 19.6 Å². The van der Waals surface area contributed by atoms with E-state index in [4.69, 9.17) is 0 Å². The fourth-order valence-corrected chi connectivity index (χ4v) is 4.77. The second-order valence-electron chi connectivity index (χ2n) is 9.19. The summed E-state index contributed by atoms with van der Waals surface area (Å²) < 4.78 is 38.1. The van der Waals surface area contributed by atoms with Crippen LogP contribution in [0.3, 0.4) is 0 Å². The van der Waals surface area contributed by atoms with Crippen LogP contribution in [0.2, 0.25) is 0 Å². The normalized spacial score (nSPS) is 15.3. The molecule has 0 unspecified atom stereocenters. The first-order valence-corrected chi connectivity index (χ1v) is 12.2. The summed E-state index contributed by atoms with van der Waals surface area (Å²) in [5.41, 5.74) is 2.62. The maximum atomic E-state index is 12.7. The minimum Gasteiger partial charge on any atom is -0.352 e. The number of carbonyl (C=O) groups excluding carboxylic acids is 1. The van der Waals surface area contributed by atoms with Gasteiger partial charge in [0.2, 0.25) is 5.91 Å². The van der Waals surface area contributed by atoms with Crippen LogP contribution in [0, 0.1) is 5.92 Å². The van der Waals surface area contributed by atoms with Crippen LogP contribution >= 0.6 is 0 Å². The predicted molar refractivity (Wildman–Crippen MR) is 132 cm³/mol. The third kappa shape index (κ3) is 6.95. The third-order valence-corrected chi connectivity index (χ3v) is 6.84. The first kappa shape index (κ1) is 25.0. The van der Waals surface area contributed by atoms with Crippen molar-refractivity contribution in [2.45, 2.75) is 37.9 Å². The molecular weight excluding hydrogens is 449 g/mol. The molecule has 1 amide bonds. The first-order valence-electron chi connectivity index (χ1n) is 12.2. The van der Waals surface area contributed by atoms with Crippen molar-refractivity contribution in [3.05, 3.63) is 107 Å². The summed E-state index contributed by atoms with van der Waals surface area (Å²) in [7, 11) is 0. The van der Waals surface area contributed by atoms with E-state index in [9.17, 15) is 18.0 Å². The highest BCUT2D eigenvalue weighted by Gasteiger charge is 2.30. The molecule has 0 aliphatic carbocycles. The number of likely N-dealkylation sites (tertiary alicyclic amines) is 1. The Morgan fingerprint density at radius 1 is 0.857 bits per heavy atom. The number of hydrogen-bond donors (Lipinski definition) is 1. The molecule has 184 valence electrons. The summed E-state index contributed by atoms with van der Waals surface area (Å²) >= 11 is 0. The van der Waals surface area contributed by atoms with Gasteiger partial charge in [0, 0.05) is 18.4 Å². The molecule has 0 radical (unpaired) electrons. The van der Waals surface area contributed by atoms with Crippen molar-refractivity contribution < 1.29 is 18.0 Å². The molecule has 3 nitrogen and oxygen atoms in total. The molecule has 1 heterocycles. The fraction of sp³-hybridized carbons (Fsp3) is 0.345. The molecule has 3 aromatic rings. The topological polar surface area (TPSA) is 32.3 Å². The van der Waals surface area contributed by atoms with E-state index in [1.807, 2.05) is 12.1 Å². The van der Waals surface area contributed by atoms with Gasteiger partial charge in [-0.3, -0.25) is 4.79 Å². The Kier molecular flexibility index (Phi) is 8.24. The molecule has 1 saturated heterocycles. The van der Waals surface area contributed by atoms with E-state index in [2.05, 4.69) is 58.7 Å². The average Bonchev–Trinajstić information content (AvgIpc) is 2.89. The number of piperidine rings is 1. The second-order valence-corrected chi connectivity index (χ2v) is 9.19. The molecule has 1 fully saturated rings. The zero-order valence-electron chi connectivity index (χ0n) is 19.7. The Morgan fingerprint density at radius 3 is 1.91 bits per heavy atom. The van der Waals surface area contributed by atoms with Gasteiger partial charge in [0.1, 0.15) is 0 Å². The van der Waals surface area contributed by atoms with E-state index in [0.717, 1.165) is 51.0 Å². The molecular formula is C29H31F3N2O. The number of benzene rings is 3. The number of nitrogens with one attached hydrogen (secondary N) is 1. The molecule has 1 N–H and O–H groups in total. The van der Waals surface area contributed by atoms with E-state index in [0.29, 0.717) is 11.5 Å². The fourth-order valence-electron chi connectivity index (χ4n) is 4.77. The summed E-state index contributed by atoms with van der Waals surface area (Å²) in [6, 6.07) is 26.1. The molecule has 35 heavy (non-hydrogen) atoms. The Hall–Kier alpha value is -3.12. The molecule has 0 saturated carbocycles. The second kappa shape index (κ2) is 11.5. The van der Waals surface area contributed by atoms with Gasteiger partial charge < -0.3 is 10.2 Å². The molecule has 6 heteroatoms. The van der Waals surface area contributed by atoms with Crippen molar-refractivity contribution in [1.82, 2.24) is 10.2 Å². The lowest BCUT2D eigenvalue weighted by atomic mass is 9.88. The predicted octanol–water partition coefficient (Wildman–Crippen LogP) is 6.26. The lowest BCUT2D eigenvalue weighted by Gasteiger charge is -2.32. The Morgan fingerprint density at radius 2 is 1.40 bits per heavy atom. The molecule has 3 aromatic carbocycles. The van der Waals surface area contributed by atoms with Crippen molar-refractivity contribution in [1.29, 1.82) is 0 Å². The number of carbonyl (C=O) groups is 1. The van der Waals surface area contributed by atoms with Gasteiger partial charge in [-0.15, -0.1) is 0 Å². The van der Waals surface area contributed by atoms with Crippen LogP contribution in [0.4, 0.5) is 13.2 Å². The maximum Gasteiger partial charge on any atom is 0.416 e. The van der Waals surface area contributed by atoms with Crippen molar-refractivity contribution in [2.24, 2.45) is 5.92 Å². The average molecular weight is 481 g/mol. The molecule has 0 bridgehead atoms. The van der Waals surface area contributed by atoms with Crippen molar-refractivity contribution in [3.63, 3.8) is 0 Å². The third-order valence-electron chi connectivity index (χ3n) is 6.84. The smallest absolute Gasteiger partial charge is 0.352 e. The molecule has 0 atom stereocenters. The first-order chi connectivity index (χ1) is 16.9. The monoisotopic (exact) mass is 480 g/mol. The highest BCUT2D eigenvalue weighted by molar-refractivity contribution is 5.78. The van der Waals surface area contributed by atoms with Gasteiger partial charge in [-0.25, -0.2) is 0 Å². The number of rotatable bonds is 8. The largest absolute Gasteiger partial charge is 0.416 e. The number of hydrogen-bond acceptors (Lipinski definition) is 2. The van der Waals surface area contributed by atoms with E-state index in [1.54, 1.807) is 0 Å². The van der Waals surface area contributed by atoms with Crippen LogP contribution < -0.4 is 5.32 Å². The number of nitrogens with zero attached hydrogens (tertiary/aromatic N) is 1. The van der Waals surface area contributed by atoms with Crippen LogP contribution in [0.1, 0.15) is 47.4 Å². The van der Waals surface area contributed by atoms with Crippen LogP contribution in [0.15, 0.2) is 84.9 Å². The van der Waals surface area contributed by atoms with Crippen molar-refractivity contribution in [3.8, 4) is 0 Å². The SMILES string of the molecule is O=C(NCc1ccc(C(F)(F)F)cc1)C1CCN(CCC(c2ccccc2)c2ccccc2)CC1. The summed E-state index contributed by atoms with van der Waals surface area (Å²) in [4.78, 5) is 15.1. The lowest BCUT2D eigenvalue weighted by Crippen LogP contribution is -2.40.